The zero-order chi connectivity index (χ0) is 34.9. The number of nitrogens with zero attached hydrogens (tertiary/aromatic N) is 4. The van der Waals surface area contributed by atoms with E-state index in [1.807, 2.05) is 84.9 Å². The molecule has 0 N–H and O–H groups in total. The number of allylic oxidation sites excluding steroid dienone is 3. The van der Waals surface area contributed by atoms with Gasteiger partial charge in [0.15, 0.2) is 5.82 Å². The van der Waals surface area contributed by atoms with Crippen LogP contribution in [0.5, 0.6) is 0 Å². The van der Waals surface area contributed by atoms with Gasteiger partial charge in [0.25, 0.3) is 0 Å². The molecule has 0 amide bonds. The minimum atomic E-state index is -0.254. The zero-order valence-electron chi connectivity index (χ0n) is 28.4. The number of ether oxygens (including phenoxy) is 1. The molecule has 3 unspecified atom stereocenters. The molecular weight excluding hydrogens is 637 g/mol. The predicted octanol–water partition coefficient (Wildman–Crippen LogP) is 10.3. The third-order valence-corrected chi connectivity index (χ3v) is 9.60. The van der Waals surface area contributed by atoms with E-state index in [1.54, 1.807) is 0 Å². The summed E-state index contributed by atoms with van der Waals surface area (Å²) in [5, 5.41) is 0. The molecule has 3 atom stereocenters. The second-order valence-corrected chi connectivity index (χ2v) is 13.0. The first-order valence-electron chi connectivity index (χ1n) is 17.5. The van der Waals surface area contributed by atoms with Crippen molar-refractivity contribution < 1.29 is 4.74 Å². The van der Waals surface area contributed by atoms with Crippen LogP contribution in [-0.2, 0) is 4.74 Å². The van der Waals surface area contributed by atoms with Crippen LogP contribution in [0, 0.1) is 0 Å². The molecule has 1 aliphatic carbocycles. The summed E-state index contributed by atoms with van der Waals surface area (Å²) < 4.78 is 6.49. The molecule has 0 spiro atoms. The van der Waals surface area contributed by atoms with E-state index in [0.29, 0.717) is 11.7 Å². The lowest BCUT2D eigenvalue weighted by Crippen LogP contribution is -2.19. The van der Waals surface area contributed by atoms with Crippen LogP contribution >= 0.6 is 0 Å². The molecule has 5 aromatic carbocycles. The Morgan fingerprint density at radius 3 is 1.79 bits per heavy atom. The van der Waals surface area contributed by atoms with Gasteiger partial charge in [-0.15, -0.1) is 0 Å². The Bertz CT molecular complexity index is 2390. The number of rotatable bonds is 7. The van der Waals surface area contributed by atoms with E-state index in [-0.39, 0.29) is 18.2 Å². The van der Waals surface area contributed by atoms with Gasteiger partial charge in [0, 0.05) is 22.3 Å². The maximum Gasteiger partial charge on any atom is 0.217 e. The monoisotopic (exact) mass is 670 g/mol. The molecule has 3 aliphatic rings. The van der Waals surface area contributed by atoms with Gasteiger partial charge in [0.05, 0.1) is 17.1 Å². The summed E-state index contributed by atoms with van der Waals surface area (Å²) in [5.74, 6) is 1.26. The van der Waals surface area contributed by atoms with Gasteiger partial charge in [0.1, 0.15) is 18.2 Å². The molecule has 2 aliphatic heterocycles. The fourth-order valence-electron chi connectivity index (χ4n) is 6.94. The Hall–Kier alpha value is -6.72. The van der Waals surface area contributed by atoms with Gasteiger partial charge in [-0.25, -0.2) is 15.0 Å². The Morgan fingerprint density at radius 1 is 0.519 bits per heavy atom. The van der Waals surface area contributed by atoms with Crippen molar-refractivity contribution in [3.8, 4) is 33.9 Å². The lowest BCUT2D eigenvalue weighted by atomic mass is 9.85. The van der Waals surface area contributed by atoms with Gasteiger partial charge < -0.3 is 4.74 Å². The second kappa shape index (κ2) is 13.5. The lowest BCUT2D eigenvalue weighted by Gasteiger charge is -2.26. The molecule has 5 nitrogen and oxygen atoms in total. The van der Waals surface area contributed by atoms with E-state index in [4.69, 9.17) is 24.7 Å². The molecule has 1 aromatic heterocycles. The van der Waals surface area contributed by atoms with E-state index < -0.39 is 0 Å². The third-order valence-electron chi connectivity index (χ3n) is 9.60. The molecule has 3 heterocycles. The van der Waals surface area contributed by atoms with Crippen LogP contribution in [0.2, 0.25) is 0 Å². The highest BCUT2D eigenvalue weighted by atomic mass is 16.5. The quantitative estimate of drug-likeness (QED) is 0.170. The summed E-state index contributed by atoms with van der Waals surface area (Å²) >= 11 is 0. The number of dihydropyridines is 1. The largest absolute Gasteiger partial charge is 0.467 e. The SMILES string of the molecule is C=C1C(c2cc(C3=NC4C=CC=CC4O3)cc(-c3cc(-c4ccccc4)nc(-c4ccccc4)n3)c2)=CC(c2ccccc2)=NC1c1ccccc1. The summed E-state index contributed by atoms with van der Waals surface area (Å²) in [4.78, 5) is 20.5. The first kappa shape index (κ1) is 31.3. The van der Waals surface area contributed by atoms with Gasteiger partial charge in [-0.1, -0.05) is 146 Å². The van der Waals surface area contributed by atoms with Gasteiger partial charge in [-0.3, -0.25) is 4.99 Å². The van der Waals surface area contributed by atoms with Crippen molar-refractivity contribution in [2.45, 2.75) is 18.2 Å². The third kappa shape index (κ3) is 6.14. The molecular formula is C47H34N4O. The summed E-state index contributed by atoms with van der Waals surface area (Å²) in [7, 11) is 0. The Kier molecular flexibility index (Phi) is 8.14. The summed E-state index contributed by atoms with van der Waals surface area (Å²) in [6.45, 7) is 4.67. The smallest absolute Gasteiger partial charge is 0.217 e. The van der Waals surface area contributed by atoms with E-state index in [9.17, 15) is 0 Å². The topological polar surface area (TPSA) is 59.7 Å². The van der Waals surface area contributed by atoms with Crippen LogP contribution in [0.25, 0.3) is 39.5 Å². The molecule has 0 bridgehead atoms. The predicted molar refractivity (Wildman–Crippen MR) is 211 cm³/mol. The van der Waals surface area contributed by atoms with Gasteiger partial charge >= 0.3 is 0 Å². The van der Waals surface area contributed by atoms with Crippen molar-refractivity contribution >= 4 is 17.2 Å². The van der Waals surface area contributed by atoms with Crippen molar-refractivity contribution in [1.82, 2.24) is 9.97 Å². The van der Waals surface area contributed by atoms with E-state index in [2.05, 4.69) is 97.6 Å². The molecule has 6 aromatic rings. The molecule has 0 saturated heterocycles. The van der Waals surface area contributed by atoms with Crippen molar-refractivity contribution in [2.75, 3.05) is 0 Å². The van der Waals surface area contributed by atoms with Crippen molar-refractivity contribution in [3.63, 3.8) is 0 Å². The average Bonchev–Trinajstić information content (AvgIpc) is 3.67. The van der Waals surface area contributed by atoms with Crippen LogP contribution in [0.15, 0.2) is 198 Å². The van der Waals surface area contributed by atoms with Crippen LogP contribution in [0.3, 0.4) is 0 Å². The van der Waals surface area contributed by atoms with Crippen LogP contribution < -0.4 is 0 Å². The highest BCUT2D eigenvalue weighted by molar-refractivity contribution is 6.15. The normalized spacial score (nSPS) is 19.0. The molecule has 0 radical (unpaired) electrons. The minimum absolute atomic E-state index is 0.0661. The average molecular weight is 671 g/mol. The summed E-state index contributed by atoms with van der Waals surface area (Å²) in [6.07, 6.45) is 10.2. The van der Waals surface area contributed by atoms with Crippen LogP contribution in [0.4, 0.5) is 0 Å². The number of hydrogen-bond acceptors (Lipinski definition) is 5. The minimum Gasteiger partial charge on any atom is -0.467 e. The maximum atomic E-state index is 6.49. The number of fused-ring (bicyclic) bond motifs is 1. The highest BCUT2D eigenvalue weighted by Crippen LogP contribution is 2.41. The Morgan fingerprint density at radius 2 is 1.10 bits per heavy atom. The zero-order valence-corrected chi connectivity index (χ0v) is 28.4. The number of aromatic nitrogens is 2. The number of hydrogen-bond donors (Lipinski definition) is 0. The maximum absolute atomic E-state index is 6.49. The fourth-order valence-corrected chi connectivity index (χ4v) is 6.94. The van der Waals surface area contributed by atoms with Crippen LogP contribution in [0.1, 0.15) is 28.3 Å². The molecule has 0 fully saturated rings. The molecule has 248 valence electrons. The van der Waals surface area contributed by atoms with E-state index >= 15 is 0 Å². The molecule has 5 heteroatoms. The Labute approximate surface area is 303 Å². The van der Waals surface area contributed by atoms with Crippen molar-refractivity contribution in [1.29, 1.82) is 0 Å². The second-order valence-electron chi connectivity index (χ2n) is 13.0. The first-order chi connectivity index (χ1) is 25.7. The lowest BCUT2D eigenvalue weighted by molar-refractivity contribution is 0.255. The van der Waals surface area contributed by atoms with Crippen molar-refractivity contribution in [3.05, 3.63) is 210 Å². The van der Waals surface area contributed by atoms with Gasteiger partial charge in [0.2, 0.25) is 5.90 Å². The van der Waals surface area contributed by atoms with Crippen molar-refractivity contribution in [2.24, 2.45) is 9.98 Å². The number of benzene rings is 5. The standard InChI is InChI=1S/C47H34N4O/c1-31-39(29-41(32-16-6-2-7-17-32)48-45(31)34-20-10-4-11-21-34)36-26-37(28-38(27-36)47-51-40-24-14-15-25-44(40)52-47)43-30-42(33-18-8-3-9-19-33)49-46(50-43)35-22-12-5-13-23-35/h2-30,40,44-45H,1H2. The fraction of sp³-hybridized carbons (Fsp3) is 0.0638. The van der Waals surface area contributed by atoms with E-state index in [1.165, 1.54) is 0 Å². The summed E-state index contributed by atoms with van der Waals surface area (Å²) in [5.41, 5.74) is 11.3. The first-order valence-corrected chi connectivity index (χ1v) is 17.5. The summed E-state index contributed by atoms with van der Waals surface area (Å²) in [6, 6.07) is 49.3. The van der Waals surface area contributed by atoms with Gasteiger partial charge in [-0.2, -0.15) is 0 Å². The van der Waals surface area contributed by atoms with Crippen LogP contribution in [-0.4, -0.2) is 33.7 Å². The van der Waals surface area contributed by atoms with Gasteiger partial charge in [-0.05, 0) is 64.3 Å². The van der Waals surface area contributed by atoms with E-state index in [0.717, 1.165) is 67.2 Å². The molecule has 52 heavy (non-hydrogen) atoms. The Balaban J connectivity index is 1.25. The molecule has 0 saturated carbocycles. The number of aliphatic imine (C=N–C) groups is 2. The highest BCUT2D eigenvalue weighted by Gasteiger charge is 2.31. The molecule has 9 rings (SSSR count).